The second-order valence-corrected chi connectivity index (χ2v) is 11.8. The summed E-state index contributed by atoms with van der Waals surface area (Å²) in [4.78, 5) is 13.2. The number of hydrogen-bond donors (Lipinski definition) is 1. The summed E-state index contributed by atoms with van der Waals surface area (Å²) in [5.41, 5.74) is 0.903. The molecule has 1 N–H and O–H groups in total. The Morgan fingerprint density at radius 1 is 1.00 bits per heavy atom. The summed E-state index contributed by atoms with van der Waals surface area (Å²) in [6.07, 6.45) is 2.33. The second-order valence-electron chi connectivity index (χ2n) is 7.15. The zero-order valence-electron chi connectivity index (χ0n) is 17.5. The first-order valence-corrected chi connectivity index (χ1v) is 13.8. The van der Waals surface area contributed by atoms with E-state index in [4.69, 9.17) is 23.2 Å². The summed E-state index contributed by atoms with van der Waals surface area (Å²) in [5.74, 6) is -0.501. The molecule has 0 aliphatic carbocycles. The van der Waals surface area contributed by atoms with Crippen LogP contribution in [0.15, 0.2) is 47.4 Å². The number of anilines is 1. The van der Waals surface area contributed by atoms with Crippen LogP contribution in [0.1, 0.15) is 31.9 Å². The van der Waals surface area contributed by atoms with E-state index in [0.29, 0.717) is 5.56 Å². The van der Waals surface area contributed by atoms with E-state index in [1.807, 2.05) is 0 Å². The Morgan fingerprint density at radius 3 is 2.03 bits per heavy atom. The van der Waals surface area contributed by atoms with Crippen LogP contribution in [0.5, 0.6) is 0 Å². The normalized spacial score (nSPS) is 14.0. The quantitative estimate of drug-likeness (QED) is 0.586. The number of carbonyl (C=O) groups is 1. The van der Waals surface area contributed by atoms with E-state index in [2.05, 4.69) is 5.32 Å². The van der Waals surface area contributed by atoms with Crippen LogP contribution in [0.2, 0.25) is 10.0 Å². The Bertz CT molecular complexity index is 1170. The number of benzene rings is 2. The molecule has 0 unspecified atom stereocenters. The minimum absolute atomic E-state index is 0.169. The van der Waals surface area contributed by atoms with Crippen LogP contribution >= 0.6 is 23.2 Å². The van der Waals surface area contributed by atoms with Crippen LogP contribution in [0.3, 0.4) is 0 Å². The lowest BCUT2D eigenvalue weighted by molar-refractivity contribution is -0.122. The van der Waals surface area contributed by atoms with Crippen molar-refractivity contribution in [3.63, 3.8) is 0 Å². The summed E-state index contributed by atoms with van der Waals surface area (Å²) >= 11 is 12.0. The highest BCUT2D eigenvalue weighted by Crippen LogP contribution is 2.30. The fourth-order valence-corrected chi connectivity index (χ4v) is 5.21. The third-order valence-electron chi connectivity index (χ3n) is 4.65. The molecule has 0 heterocycles. The van der Waals surface area contributed by atoms with Crippen LogP contribution in [-0.4, -0.2) is 41.3 Å². The first-order valence-electron chi connectivity index (χ1n) is 9.30. The van der Waals surface area contributed by atoms with Crippen molar-refractivity contribution in [1.29, 1.82) is 0 Å². The summed E-state index contributed by atoms with van der Waals surface area (Å²) in [5, 5.41) is 3.24. The molecule has 2 rings (SSSR count). The fourth-order valence-electron chi connectivity index (χ4n) is 3.08. The van der Waals surface area contributed by atoms with E-state index in [1.165, 1.54) is 30.3 Å². The van der Waals surface area contributed by atoms with Crippen LogP contribution in [0.25, 0.3) is 0 Å². The molecule has 0 bridgehead atoms. The fraction of sp³-hybridized carbons (Fsp3) is 0.350. The van der Waals surface area contributed by atoms with Crippen molar-refractivity contribution in [1.82, 2.24) is 5.32 Å². The van der Waals surface area contributed by atoms with Gasteiger partial charge >= 0.3 is 0 Å². The zero-order valence-corrected chi connectivity index (χ0v) is 20.6. The number of nitrogens with one attached hydrogen (secondary N) is 1. The number of sulfone groups is 1. The third-order valence-corrected chi connectivity index (χ3v) is 7.70. The topological polar surface area (TPSA) is 101 Å². The maximum Gasteiger partial charge on any atom is 0.244 e. The van der Waals surface area contributed by atoms with Gasteiger partial charge in [-0.25, -0.2) is 16.8 Å². The lowest BCUT2D eigenvalue weighted by Crippen LogP contribution is -2.49. The number of amides is 1. The average molecular weight is 507 g/mol. The molecule has 0 fully saturated rings. The van der Waals surface area contributed by atoms with Gasteiger partial charge < -0.3 is 5.32 Å². The van der Waals surface area contributed by atoms with E-state index < -0.39 is 37.9 Å². The van der Waals surface area contributed by atoms with Gasteiger partial charge in [0.2, 0.25) is 15.9 Å². The first-order chi connectivity index (χ1) is 14.3. The van der Waals surface area contributed by atoms with Crippen LogP contribution < -0.4 is 9.62 Å². The maximum atomic E-state index is 13.0. The average Bonchev–Trinajstić information content (AvgIpc) is 2.66. The van der Waals surface area contributed by atoms with Crippen molar-refractivity contribution in [3.05, 3.63) is 58.1 Å². The van der Waals surface area contributed by atoms with E-state index in [0.717, 1.165) is 16.8 Å². The monoisotopic (exact) mass is 506 g/mol. The second kappa shape index (κ2) is 9.77. The molecule has 0 saturated heterocycles. The Morgan fingerprint density at radius 2 is 1.58 bits per heavy atom. The molecule has 0 spiro atoms. The van der Waals surface area contributed by atoms with Gasteiger partial charge in [-0.2, -0.15) is 0 Å². The van der Waals surface area contributed by atoms with Crippen LogP contribution in [0.4, 0.5) is 5.69 Å². The van der Waals surface area contributed by atoms with Gasteiger partial charge in [0.15, 0.2) is 9.84 Å². The highest BCUT2D eigenvalue weighted by molar-refractivity contribution is 7.92. The van der Waals surface area contributed by atoms with Crippen molar-refractivity contribution in [2.75, 3.05) is 16.8 Å². The molecule has 170 valence electrons. The number of rotatable bonds is 8. The molecule has 1 amide bonds. The van der Waals surface area contributed by atoms with Gasteiger partial charge in [-0.1, -0.05) is 42.3 Å². The number of nitrogens with zero attached hydrogens (tertiary/aromatic N) is 1. The summed E-state index contributed by atoms with van der Waals surface area (Å²) < 4.78 is 49.3. The van der Waals surface area contributed by atoms with E-state index in [9.17, 15) is 21.6 Å². The van der Waals surface area contributed by atoms with Gasteiger partial charge in [0.05, 0.1) is 32.9 Å². The smallest absolute Gasteiger partial charge is 0.244 e. The third kappa shape index (κ3) is 6.35. The molecular formula is C20H24Cl2N2O5S2. The number of sulfonamides is 1. The Kier molecular flexibility index (Phi) is 8.02. The van der Waals surface area contributed by atoms with Gasteiger partial charge in [0.1, 0.15) is 6.04 Å². The van der Waals surface area contributed by atoms with Crippen molar-refractivity contribution in [3.8, 4) is 0 Å². The van der Waals surface area contributed by atoms with Crippen molar-refractivity contribution in [2.45, 2.75) is 37.2 Å². The van der Waals surface area contributed by atoms with Gasteiger partial charge in [-0.05, 0) is 49.2 Å². The molecule has 0 aliphatic heterocycles. The minimum atomic E-state index is -3.82. The molecule has 2 atom stereocenters. The van der Waals surface area contributed by atoms with Gasteiger partial charge in [0.25, 0.3) is 0 Å². The maximum absolute atomic E-state index is 13.0. The Hall–Kier alpha value is -1.81. The molecule has 0 radical (unpaired) electrons. The van der Waals surface area contributed by atoms with E-state index in [-0.39, 0.29) is 27.0 Å². The van der Waals surface area contributed by atoms with E-state index in [1.54, 1.807) is 26.0 Å². The van der Waals surface area contributed by atoms with Crippen molar-refractivity contribution < 1.29 is 21.6 Å². The van der Waals surface area contributed by atoms with Gasteiger partial charge in [-0.15, -0.1) is 0 Å². The standard InChI is InChI=1S/C20H24Cl2N2O5S2/c1-5-19(24(31(4,28)29)15-8-11-17(21)18(22)12-15)20(25)23-13(2)14-6-9-16(10-7-14)30(3,26)27/h6-13,19H,5H2,1-4H3,(H,23,25)/t13-,19+/m0/s1. The van der Waals surface area contributed by atoms with Crippen LogP contribution in [0, 0.1) is 0 Å². The zero-order chi connectivity index (χ0) is 23.6. The minimum Gasteiger partial charge on any atom is -0.348 e. The molecule has 11 heteroatoms. The molecule has 2 aromatic rings. The molecular weight excluding hydrogens is 483 g/mol. The Balaban J connectivity index is 2.32. The largest absolute Gasteiger partial charge is 0.348 e. The number of halogens is 2. The molecule has 7 nitrogen and oxygen atoms in total. The predicted octanol–water partition coefficient (Wildman–Crippen LogP) is 3.82. The van der Waals surface area contributed by atoms with Crippen LogP contribution in [-0.2, 0) is 24.7 Å². The lowest BCUT2D eigenvalue weighted by Gasteiger charge is -2.31. The van der Waals surface area contributed by atoms with Crippen molar-refractivity contribution >= 4 is 54.7 Å². The SMILES string of the molecule is CC[C@H](C(=O)N[C@@H](C)c1ccc(S(C)(=O)=O)cc1)N(c1ccc(Cl)c(Cl)c1)S(C)(=O)=O. The number of carbonyl (C=O) groups excluding carboxylic acids is 1. The van der Waals surface area contributed by atoms with Crippen molar-refractivity contribution in [2.24, 2.45) is 0 Å². The first kappa shape index (κ1) is 25.5. The number of hydrogen-bond acceptors (Lipinski definition) is 5. The molecule has 0 aromatic heterocycles. The molecule has 31 heavy (non-hydrogen) atoms. The van der Waals surface area contributed by atoms with Gasteiger partial charge in [0, 0.05) is 6.26 Å². The molecule has 0 saturated carbocycles. The molecule has 2 aromatic carbocycles. The predicted molar refractivity (Wildman–Crippen MR) is 124 cm³/mol. The van der Waals surface area contributed by atoms with E-state index >= 15 is 0 Å². The highest BCUT2D eigenvalue weighted by atomic mass is 35.5. The summed E-state index contributed by atoms with van der Waals surface area (Å²) in [6, 6.07) is 8.98. The molecule has 0 aliphatic rings. The van der Waals surface area contributed by atoms with Gasteiger partial charge in [-0.3, -0.25) is 9.10 Å². The highest BCUT2D eigenvalue weighted by Gasteiger charge is 2.32. The lowest BCUT2D eigenvalue weighted by atomic mass is 10.1. The Labute approximate surface area is 193 Å². The summed E-state index contributed by atoms with van der Waals surface area (Å²) in [6.45, 7) is 3.43. The summed E-state index contributed by atoms with van der Waals surface area (Å²) in [7, 11) is -7.15.